The third kappa shape index (κ3) is 1.64. The molecule has 0 saturated carbocycles. The van der Waals surface area contributed by atoms with E-state index in [0.717, 1.165) is 13.1 Å². The molecular formula is C7H11NO. The summed E-state index contributed by atoms with van der Waals surface area (Å²) in [5.74, 6) is 0.392. The van der Waals surface area contributed by atoms with E-state index >= 15 is 0 Å². The molecular weight excluding hydrogens is 114 g/mol. The normalized spacial score (nSPS) is 28.1. The first-order valence-corrected chi connectivity index (χ1v) is 3.22. The Labute approximate surface area is 54.9 Å². The van der Waals surface area contributed by atoms with Gasteiger partial charge in [-0.3, -0.25) is 4.79 Å². The van der Waals surface area contributed by atoms with Crippen LogP contribution in [0.2, 0.25) is 0 Å². The Kier molecular flexibility index (Phi) is 2.01. The molecule has 0 amide bonds. The van der Waals surface area contributed by atoms with Crippen LogP contribution in [0, 0.1) is 5.92 Å². The summed E-state index contributed by atoms with van der Waals surface area (Å²) in [4.78, 5) is 10.9. The van der Waals surface area contributed by atoms with Gasteiger partial charge in [-0.15, -0.1) is 0 Å². The van der Waals surface area contributed by atoms with E-state index in [1.165, 1.54) is 0 Å². The van der Waals surface area contributed by atoms with Crippen LogP contribution in [-0.2, 0) is 4.79 Å². The largest absolute Gasteiger partial charge is 0.313 e. The summed E-state index contributed by atoms with van der Waals surface area (Å²) in [6.45, 7) is 3.58. The minimum Gasteiger partial charge on any atom is -0.313 e. The number of ketones is 1. The van der Waals surface area contributed by atoms with E-state index < -0.39 is 0 Å². The minimum absolute atomic E-state index is 0.156. The number of carbonyl (C=O) groups excluding carboxylic acids is 1. The van der Waals surface area contributed by atoms with Gasteiger partial charge >= 0.3 is 0 Å². The van der Waals surface area contributed by atoms with Crippen molar-refractivity contribution < 1.29 is 4.79 Å². The molecule has 1 N–H and O–H groups in total. The van der Waals surface area contributed by atoms with E-state index in [4.69, 9.17) is 0 Å². The van der Waals surface area contributed by atoms with Gasteiger partial charge in [0.2, 0.25) is 0 Å². The van der Waals surface area contributed by atoms with Crippen molar-refractivity contribution in [3.05, 3.63) is 12.2 Å². The van der Waals surface area contributed by atoms with Gasteiger partial charge < -0.3 is 5.32 Å². The molecule has 1 rings (SSSR count). The summed E-state index contributed by atoms with van der Waals surface area (Å²) in [6, 6.07) is 0. The Morgan fingerprint density at radius 2 is 2.56 bits per heavy atom. The highest BCUT2D eigenvalue weighted by Crippen LogP contribution is 1.98. The van der Waals surface area contributed by atoms with E-state index in [1.54, 1.807) is 6.08 Å². The third-order valence-electron chi connectivity index (χ3n) is 1.48. The van der Waals surface area contributed by atoms with Crippen LogP contribution < -0.4 is 5.32 Å². The minimum atomic E-state index is 0.156. The smallest absolute Gasteiger partial charge is 0.159 e. The average molecular weight is 125 g/mol. The molecule has 0 fully saturated rings. The molecule has 1 heterocycles. The van der Waals surface area contributed by atoms with Gasteiger partial charge in [0.05, 0.1) is 0 Å². The van der Waals surface area contributed by atoms with Crippen LogP contribution in [0.5, 0.6) is 0 Å². The fraction of sp³-hybridized carbons (Fsp3) is 0.571. The van der Waals surface area contributed by atoms with Gasteiger partial charge in [-0.1, -0.05) is 13.0 Å². The maximum Gasteiger partial charge on any atom is 0.159 e. The quantitative estimate of drug-likeness (QED) is 0.506. The van der Waals surface area contributed by atoms with Crippen molar-refractivity contribution in [3.8, 4) is 0 Å². The highest BCUT2D eigenvalue weighted by Gasteiger charge is 2.10. The summed E-state index contributed by atoms with van der Waals surface area (Å²) < 4.78 is 0. The molecule has 0 saturated heterocycles. The molecule has 0 aliphatic carbocycles. The molecule has 0 aromatic heterocycles. The summed E-state index contributed by atoms with van der Waals surface area (Å²) in [5.41, 5.74) is 0. The summed E-state index contributed by atoms with van der Waals surface area (Å²) in [6.07, 6.45) is 3.52. The first kappa shape index (κ1) is 6.49. The van der Waals surface area contributed by atoms with E-state index in [-0.39, 0.29) is 11.7 Å². The van der Waals surface area contributed by atoms with Gasteiger partial charge in [-0.05, 0) is 6.08 Å². The molecule has 2 nitrogen and oxygen atoms in total. The van der Waals surface area contributed by atoms with Crippen molar-refractivity contribution >= 4 is 5.78 Å². The van der Waals surface area contributed by atoms with Crippen LogP contribution in [0.25, 0.3) is 0 Å². The molecule has 1 aliphatic heterocycles. The lowest BCUT2D eigenvalue weighted by Gasteiger charge is -2.02. The van der Waals surface area contributed by atoms with Gasteiger partial charge in [0.25, 0.3) is 0 Å². The number of nitrogens with one attached hydrogen (secondary N) is 1. The van der Waals surface area contributed by atoms with Gasteiger partial charge in [0, 0.05) is 19.0 Å². The van der Waals surface area contributed by atoms with Crippen LogP contribution in [0.15, 0.2) is 12.2 Å². The second-order valence-corrected chi connectivity index (χ2v) is 2.36. The molecule has 9 heavy (non-hydrogen) atoms. The molecule has 1 atom stereocenters. The topological polar surface area (TPSA) is 29.1 Å². The summed E-state index contributed by atoms with van der Waals surface area (Å²) in [7, 11) is 0. The van der Waals surface area contributed by atoms with Gasteiger partial charge in [0.1, 0.15) is 0 Å². The molecule has 0 aromatic rings. The Bertz CT molecular complexity index is 140. The Balaban J connectivity index is 2.57. The standard InChI is InChI=1S/C7H11NO/c1-6-5-8-4-2-3-7(6)9/h2-3,6,8H,4-5H2,1H3. The first-order valence-electron chi connectivity index (χ1n) is 3.22. The Hall–Kier alpha value is -0.630. The van der Waals surface area contributed by atoms with Crippen molar-refractivity contribution in [3.63, 3.8) is 0 Å². The van der Waals surface area contributed by atoms with E-state index in [1.807, 2.05) is 13.0 Å². The third-order valence-corrected chi connectivity index (χ3v) is 1.48. The van der Waals surface area contributed by atoms with Gasteiger partial charge in [-0.2, -0.15) is 0 Å². The lowest BCUT2D eigenvalue weighted by Crippen LogP contribution is -2.22. The molecule has 2 heteroatoms. The van der Waals surface area contributed by atoms with Crippen molar-refractivity contribution in [1.82, 2.24) is 5.32 Å². The van der Waals surface area contributed by atoms with Crippen LogP contribution in [0.4, 0.5) is 0 Å². The second-order valence-electron chi connectivity index (χ2n) is 2.36. The zero-order chi connectivity index (χ0) is 6.69. The van der Waals surface area contributed by atoms with Crippen LogP contribution in [0.1, 0.15) is 6.92 Å². The molecule has 0 spiro atoms. The number of hydrogen-bond donors (Lipinski definition) is 1. The molecule has 0 aromatic carbocycles. The predicted molar refractivity (Wildman–Crippen MR) is 36.2 cm³/mol. The van der Waals surface area contributed by atoms with E-state index in [2.05, 4.69) is 5.32 Å². The average Bonchev–Trinajstić information content (AvgIpc) is 1.99. The maximum atomic E-state index is 10.9. The zero-order valence-electron chi connectivity index (χ0n) is 5.55. The monoisotopic (exact) mass is 125 g/mol. The molecule has 1 aliphatic rings. The molecule has 0 radical (unpaired) electrons. The predicted octanol–water partition coefficient (Wildman–Crippen LogP) is 0.351. The Morgan fingerprint density at radius 1 is 1.78 bits per heavy atom. The van der Waals surface area contributed by atoms with Gasteiger partial charge in [-0.25, -0.2) is 0 Å². The SMILES string of the molecule is CC1CNCC=CC1=O. The first-order chi connectivity index (χ1) is 4.30. The van der Waals surface area contributed by atoms with E-state index in [0.29, 0.717) is 0 Å². The van der Waals surface area contributed by atoms with Gasteiger partial charge in [0.15, 0.2) is 5.78 Å². The fourth-order valence-corrected chi connectivity index (χ4v) is 0.823. The van der Waals surface area contributed by atoms with E-state index in [9.17, 15) is 4.79 Å². The van der Waals surface area contributed by atoms with Crippen molar-refractivity contribution in [1.29, 1.82) is 0 Å². The molecule has 0 bridgehead atoms. The number of rotatable bonds is 0. The van der Waals surface area contributed by atoms with Crippen molar-refractivity contribution in [2.45, 2.75) is 6.92 Å². The lowest BCUT2D eigenvalue weighted by atomic mass is 10.1. The molecule has 1 unspecified atom stereocenters. The van der Waals surface area contributed by atoms with Crippen LogP contribution in [-0.4, -0.2) is 18.9 Å². The Morgan fingerprint density at radius 3 is 3.33 bits per heavy atom. The number of carbonyl (C=O) groups is 1. The van der Waals surface area contributed by atoms with Crippen molar-refractivity contribution in [2.75, 3.05) is 13.1 Å². The zero-order valence-corrected chi connectivity index (χ0v) is 5.55. The summed E-state index contributed by atoms with van der Waals surface area (Å²) >= 11 is 0. The fourth-order valence-electron chi connectivity index (χ4n) is 0.823. The lowest BCUT2D eigenvalue weighted by molar-refractivity contribution is -0.117. The number of allylic oxidation sites excluding steroid dienone is 1. The van der Waals surface area contributed by atoms with Crippen LogP contribution in [0.3, 0.4) is 0 Å². The van der Waals surface area contributed by atoms with Crippen LogP contribution >= 0.6 is 0 Å². The highest BCUT2D eigenvalue weighted by molar-refractivity contribution is 5.91. The summed E-state index contributed by atoms with van der Waals surface area (Å²) in [5, 5.41) is 3.12. The molecule has 50 valence electrons. The number of hydrogen-bond acceptors (Lipinski definition) is 2. The second kappa shape index (κ2) is 2.78. The maximum absolute atomic E-state index is 10.9. The van der Waals surface area contributed by atoms with Crippen molar-refractivity contribution in [2.24, 2.45) is 5.92 Å². The highest BCUT2D eigenvalue weighted by atomic mass is 16.1.